The molecule has 0 radical (unpaired) electrons. The van der Waals surface area contributed by atoms with E-state index in [-0.39, 0.29) is 6.61 Å². The van der Waals surface area contributed by atoms with E-state index in [1.807, 2.05) is 50.2 Å². The van der Waals surface area contributed by atoms with E-state index in [1.54, 1.807) is 6.07 Å². The van der Waals surface area contributed by atoms with Gasteiger partial charge < -0.3 is 9.26 Å². The molecule has 0 saturated heterocycles. The summed E-state index contributed by atoms with van der Waals surface area (Å²) < 4.78 is 10.9. The minimum Gasteiger partial charge on any atom is -0.482 e. The predicted octanol–water partition coefficient (Wildman–Crippen LogP) is 4.59. The zero-order chi connectivity index (χ0) is 15.5. The topological polar surface area (TPSA) is 48.2 Å². The molecular weight excluding hydrogens is 300 g/mol. The van der Waals surface area contributed by atoms with Crippen molar-refractivity contribution in [1.82, 2.24) is 10.1 Å². The molecule has 2 aromatic carbocycles. The summed E-state index contributed by atoms with van der Waals surface area (Å²) in [6, 6.07) is 13.5. The lowest BCUT2D eigenvalue weighted by molar-refractivity contribution is 0.243. The van der Waals surface area contributed by atoms with Crippen LogP contribution in [0.5, 0.6) is 5.75 Å². The Bertz CT molecular complexity index is 799. The van der Waals surface area contributed by atoms with Crippen molar-refractivity contribution in [2.24, 2.45) is 0 Å². The minimum atomic E-state index is 0.183. The lowest BCUT2D eigenvalue weighted by Crippen LogP contribution is -1.96. The van der Waals surface area contributed by atoms with E-state index >= 15 is 0 Å². The van der Waals surface area contributed by atoms with E-state index < -0.39 is 0 Å². The van der Waals surface area contributed by atoms with Gasteiger partial charge in [-0.2, -0.15) is 4.98 Å². The number of nitrogens with zero attached hydrogens (tertiary/aromatic N) is 2. The molecule has 0 amide bonds. The van der Waals surface area contributed by atoms with E-state index in [9.17, 15) is 0 Å². The molecular formula is C17H15ClN2O2. The molecule has 4 nitrogen and oxygen atoms in total. The molecule has 0 atom stereocenters. The number of halogens is 1. The smallest absolute Gasteiger partial charge is 0.264 e. The minimum absolute atomic E-state index is 0.183. The second-order valence-corrected chi connectivity index (χ2v) is 5.46. The number of hydrogen-bond donors (Lipinski definition) is 0. The molecule has 22 heavy (non-hydrogen) atoms. The molecule has 0 bridgehead atoms. The van der Waals surface area contributed by atoms with Crippen LogP contribution in [-0.2, 0) is 6.61 Å². The van der Waals surface area contributed by atoms with Crippen LogP contribution in [0.25, 0.3) is 11.4 Å². The zero-order valence-electron chi connectivity index (χ0n) is 12.3. The van der Waals surface area contributed by atoms with Crippen LogP contribution in [0, 0.1) is 13.8 Å². The van der Waals surface area contributed by atoms with Crippen LogP contribution in [0.2, 0.25) is 5.02 Å². The van der Waals surface area contributed by atoms with Gasteiger partial charge in [-0.3, -0.25) is 0 Å². The van der Waals surface area contributed by atoms with Crippen LogP contribution < -0.4 is 4.74 Å². The van der Waals surface area contributed by atoms with Gasteiger partial charge in [0.25, 0.3) is 5.89 Å². The third kappa shape index (κ3) is 3.12. The maximum Gasteiger partial charge on any atom is 0.264 e. The summed E-state index contributed by atoms with van der Waals surface area (Å²) in [5, 5.41) is 4.56. The van der Waals surface area contributed by atoms with Crippen molar-refractivity contribution >= 4 is 11.6 Å². The third-order valence-electron chi connectivity index (χ3n) is 3.29. The highest BCUT2D eigenvalue weighted by Crippen LogP contribution is 2.26. The molecule has 0 aliphatic rings. The fourth-order valence-electron chi connectivity index (χ4n) is 2.11. The van der Waals surface area contributed by atoms with Gasteiger partial charge in [0.2, 0.25) is 5.82 Å². The molecule has 3 aromatic rings. The van der Waals surface area contributed by atoms with Crippen LogP contribution >= 0.6 is 11.6 Å². The second kappa shape index (κ2) is 6.20. The Labute approximate surface area is 133 Å². The van der Waals surface area contributed by atoms with E-state index in [2.05, 4.69) is 10.1 Å². The Morgan fingerprint density at radius 1 is 1.14 bits per heavy atom. The molecule has 0 aliphatic heterocycles. The number of benzene rings is 2. The van der Waals surface area contributed by atoms with E-state index in [0.717, 1.165) is 16.7 Å². The monoisotopic (exact) mass is 314 g/mol. The maximum absolute atomic E-state index is 6.09. The lowest BCUT2D eigenvalue weighted by atomic mass is 10.1. The Hall–Kier alpha value is -2.33. The van der Waals surface area contributed by atoms with Crippen LogP contribution in [0.15, 0.2) is 47.0 Å². The van der Waals surface area contributed by atoms with Crippen LogP contribution in [0.3, 0.4) is 0 Å². The number of rotatable bonds is 4. The summed E-state index contributed by atoms with van der Waals surface area (Å²) in [5.41, 5.74) is 3.12. The molecule has 0 aliphatic carbocycles. The van der Waals surface area contributed by atoms with Crippen molar-refractivity contribution in [1.29, 1.82) is 0 Å². The molecule has 3 rings (SSSR count). The van der Waals surface area contributed by atoms with Gasteiger partial charge in [-0.15, -0.1) is 0 Å². The summed E-state index contributed by atoms with van der Waals surface area (Å²) in [6.07, 6.45) is 0. The van der Waals surface area contributed by atoms with Gasteiger partial charge in [0.05, 0.1) is 5.02 Å². The summed E-state index contributed by atoms with van der Waals surface area (Å²) in [7, 11) is 0. The first-order valence-corrected chi connectivity index (χ1v) is 7.29. The van der Waals surface area contributed by atoms with Crippen molar-refractivity contribution in [3.05, 3.63) is 64.5 Å². The van der Waals surface area contributed by atoms with Gasteiger partial charge in [-0.1, -0.05) is 47.1 Å². The number of aromatic nitrogens is 2. The Balaban J connectivity index is 1.75. The highest BCUT2D eigenvalue weighted by atomic mass is 35.5. The normalized spacial score (nSPS) is 10.7. The van der Waals surface area contributed by atoms with Gasteiger partial charge in [-0.05, 0) is 37.1 Å². The van der Waals surface area contributed by atoms with Crippen LogP contribution in [-0.4, -0.2) is 10.1 Å². The maximum atomic E-state index is 6.09. The first kappa shape index (κ1) is 14.6. The molecule has 0 spiro atoms. The van der Waals surface area contributed by atoms with Crippen molar-refractivity contribution < 1.29 is 9.26 Å². The van der Waals surface area contributed by atoms with Gasteiger partial charge >= 0.3 is 0 Å². The van der Waals surface area contributed by atoms with Crippen molar-refractivity contribution in [3.63, 3.8) is 0 Å². The highest BCUT2D eigenvalue weighted by Gasteiger charge is 2.11. The first-order valence-electron chi connectivity index (χ1n) is 6.91. The largest absolute Gasteiger partial charge is 0.482 e. The summed E-state index contributed by atoms with van der Waals surface area (Å²) in [4.78, 5) is 4.36. The van der Waals surface area contributed by atoms with Crippen molar-refractivity contribution in [2.45, 2.75) is 20.5 Å². The van der Waals surface area contributed by atoms with Gasteiger partial charge in [-0.25, -0.2) is 0 Å². The molecule has 0 unspecified atom stereocenters. The first-order chi connectivity index (χ1) is 10.6. The molecule has 5 heteroatoms. The molecule has 112 valence electrons. The fraction of sp³-hybridized carbons (Fsp3) is 0.176. The van der Waals surface area contributed by atoms with Crippen LogP contribution in [0.4, 0.5) is 0 Å². The molecule has 1 aromatic heterocycles. The summed E-state index contributed by atoms with van der Waals surface area (Å²) in [5.74, 6) is 1.58. The lowest BCUT2D eigenvalue weighted by Gasteiger charge is -2.06. The number of aryl methyl sites for hydroxylation is 2. The standard InChI is InChI=1S/C17H15ClN2O2/c1-11-7-8-14(18)15(9-11)21-10-16-19-17(20-22-16)13-6-4-3-5-12(13)2/h3-9H,10H2,1-2H3. The molecule has 0 fully saturated rings. The number of hydrogen-bond acceptors (Lipinski definition) is 4. The van der Waals surface area contributed by atoms with E-state index in [1.165, 1.54) is 0 Å². The van der Waals surface area contributed by atoms with Crippen molar-refractivity contribution in [2.75, 3.05) is 0 Å². The van der Waals surface area contributed by atoms with E-state index in [4.69, 9.17) is 20.9 Å². The zero-order valence-corrected chi connectivity index (χ0v) is 13.1. The molecule has 1 heterocycles. The third-order valence-corrected chi connectivity index (χ3v) is 3.60. The predicted molar refractivity (Wildman–Crippen MR) is 85.0 cm³/mol. The Morgan fingerprint density at radius 3 is 2.77 bits per heavy atom. The second-order valence-electron chi connectivity index (χ2n) is 5.05. The average Bonchev–Trinajstić information content (AvgIpc) is 2.97. The quantitative estimate of drug-likeness (QED) is 0.707. The average molecular weight is 315 g/mol. The number of ether oxygens (including phenoxy) is 1. The van der Waals surface area contributed by atoms with Crippen LogP contribution in [0.1, 0.15) is 17.0 Å². The van der Waals surface area contributed by atoms with Gasteiger partial charge in [0.15, 0.2) is 6.61 Å². The summed E-state index contributed by atoms with van der Waals surface area (Å²) >= 11 is 6.09. The van der Waals surface area contributed by atoms with Gasteiger partial charge in [0.1, 0.15) is 5.75 Å². The Morgan fingerprint density at radius 2 is 1.95 bits per heavy atom. The molecule has 0 N–H and O–H groups in total. The Kier molecular flexibility index (Phi) is 4.11. The molecule has 0 saturated carbocycles. The van der Waals surface area contributed by atoms with E-state index in [0.29, 0.717) is 22.5 Å². The summed E-state index contributed by atoms with van der Waals surface area (Å²) in [6.45, 7) is 4.17. The van der Waals surface area contributed by atoms with Crippen molar-refractivity contribution in [3.8, 4) is 17.1 Å². The highest BCUT2D eigenvalue weighted by molar-refractivity contribution is 6.32. The van der Waals surface area contributed by atoms with Gasteiger partial charge in [0, 0.05) is 5.56 Å². The fourth-order valence-corrected chi connectivity index (χ4v) is 2.28. The SMILES string of the molecule is Cc1ccc(Cl)c(OCc2nc(-c3ccccc3C)no2)c1.